The molecule has 0 unspecified atom stereocenters. The fourth-order valence-electron chi connectivity index (χ4n) is 1.81. The molecule has 1 aromatic heterocycles. The van der Waals surface area contributed by atoms with E-state index in [9.17, 15) is 0 Å². The second-order valence-electron chi connectivity index (χ2n) is 4.11. The van der Waals surface area contributed by atoms with Crippen molar-refractivity contribution >= 4 is 11.9 Å². The number of nitrogens with zero attached hydrogens (tertiary/aromatic N) is 4. The van der Waals surface area contributed by atoms with Gasteiger partial charge in [-0.15, -0.1) is 0 Å². The summed E-state index contributed by atoms with van der Waals surface area (Å²) in [5, 5.41) is 11.6. The second-order valence-corrected chi connectivity index (χ2v) is 4.11. The lowest BCUT2D eigenvalue weighted by atomic mass is 10.4. The maximum absolute atomic E-state index is 8.72. The Bertz CT molecular complexity index is 382. The van der Waals surface area contributed by atoms with Gasteiger partial charge in [0, 0.05) is 33.2 Å². The van der Waals surface area contributed by atoms with Crippen LogP contribution in [0.1, 0.15) is 19.3 Å². The first-order valence-electron chi connectivity index (χ1n) is 6.26. The Morgan fingerprint density at radius 2 is 2.06 bits per heavy atom. The fourth-order valence-corrected chi connectivity index (χ4v) is 1.81. The van der Waals surface area contributed by atoms with E-state index in [1.165, 1.54) is 12.8 Å². The summed E-state index contributed by atoms with van der Waals surface area (Å²) in [6.45, 7) is 2.46. The van der Waals surface area contributed by atoms with Crippen LogP contribution in [0, 0.1) is 0 Å². The van der Waals surface area contributed by atoms with Crippen LogP contribution in [0.5, 0.6) is 6.01 Å². The van der Waals surface area contributed by atoms with E-state index in [0.29, 0.717) is 30.9 Å². The van der Waals surface area contributed by atoms with Crippen LogP contribution in [-0.4, -0.2) is 53.4 Å². The van der Waals surface area contributed by atoms with Crippen LogP contribution in [0.3, 0.4) is 0 Å². The van der Waals surface area contributed by atoms with E-state index in [0.717, 1.165) is 13.1 Å². The van der Waals surface area contributed by atoms with Gasteiger partial charge < -0.3 is 20.1 Å². The van der Waals surface area contributed by atoms with Gasteiger partial charge in [0.05, 0.1) is 6.61 Å². The van der Waals surface area contributed by atoms with Gasteiger partial charge in [0.1, 0.15) is 0 Å². The number of aliphatic hydroxyl groups excluding tert-OH is 1. The summed E-state index contributed by atoms with van der Waals surface area (Å²) < 4.78 is 5.40. The van der Waals surface area contributed by atoms with Gasteiger partial charge in [-0.25, -0.2) is 0 Å². The van der Waals surface area contributed by atoms with E-state index in [2.05, 4.69) is 25.2 Å². The highest BCUT2D eigenvalue weighted by Crippen LogP contribution is 2.19. The molecule has 0 spiro atoms. The molecule has 100 valence electrons. The Labute approximate surface area is 106 Å². The van der Waals surface area contributed by atoms with Crippen molar-refractivity contribution in [2.75, 3.05) is 43.6 Å². The van der Waals surface area contributed by atoms with Crippen LogP contribution in [0.25, 0.3) is 0 Å². The molecule has 0 saturated carbocycles. The zero-order chi connectivity index (χ0) is 12.8. The first-order chi connectivity index (χ1) is 8.83. The molecule has 1 aliphatic rings. The van der Waals surface area contributed by atoms with Gasteiger partial charge in [-0.3, -0.25) is 0 Å². The maximum Gasteiger partial charge on any atom is 0.323 e. The van der Waals surface area contributed by atoms with Gasteiger partial charge >= 0.3 is 6.01 Å². The van der Waals surface area contributed by atoms with Crippen LogP contribution in [0.15, 0.2) is 0 Å². The lowest BCUT2D eigenvalue weighted by Crippen LogP contribution is -2.21. The SMILES string of the molecule is CNc1nc(OCCCO)nc(N2CCCC2)n1. The van der Waals surface area contributed by atoms with E-state index in [1.807, 2.05) is 0 Å². The highest BCUT2D eigenvalue weighted by molar-refractivity contribution is 5.38. The topological polar surface area (TPSA) is 83.4 Å². The van der Waals surface area contributed by atoms with Gasteiger partial charge in [-0.2, -0.15) is 15.0 Å². The predicted molar refractivity (Wildman–Crippen MR) is 68.0 cm³/mol. The molecular formula is C11H19N5O2. The molecule has 2 rings (SSSR count). The van der Waals surface area contributed by atoms with Gasteiger partial charge in [-0.1, -0.05) is 0 Å². The van der Waals surface area contributed by atoms with Crippen LogP contribution in [0.4, 0.5) is 11.9 Å². The van der Waals surface area contributed by atoms with Crippen molar-refractivity contribution in [3.63, 3.8) is 0 Å². The molecular weight excluding hydrogens is 234 g/mol. The second kappa shape index (κ2) is 6.34. The molecule has 1 aliphatic heterocycles. The van der Waals surface area contributed by atoms with Crippen molar-refractivity contribution < 1.29 is 9.84 Å². The average molecular weight is 253 g/mol. The number of nitrogens with one attached hydrogen (secondary N) is 1. The van der Waals surface area contributed by atoms with Crippen molar-refractivity contribution in [2.24, 2.45) is 0 Å². The Hall–Kier alpha value is -1.63. The van der Waals surface area contributed by atoms with E-state index < -0.39 is 0 Å². The normalized spacial score (nSPS) is 14.9. The summed E-state index contributed by atoms with van der Waals surface area (Å²) in [4.78, 5) is 14.9. The number of anilines is 2. The summed E-state index contributed by atoms with van der Waals surface area (Å²) in [6.07, 6.45) is 2.90. The molecule has 18 heavy (non-hydrogen) atoms. The van der Waals surface area contributed by atoms with Crippen molar-refractivity contribution in [1.29, 1.82) is 0 Å². The van der Waals surface area contributed by atoms with Crippen LogP contribution in [-0.2, 0) is 0 Å². The van der Waals surface area contributed by atoms with Crippen molar-refractivity contribution in [3.8, 4) is 6.01 Å². The third-order valence-corrected chi connectivity index (χ3v) is 2.75. The van der Waals surface area contributed by atoms with E-state index >= 15 is 0 Å². The molecule has 0 radical (unpaired) electrons. The minimum absolute atomic E-state index is 0.100. The quantitative estimate of drug-likeness (QED) is 0.704. The summed E-state index contributed by atoms with van der Waals surface area (Å²) in [5.74, 6) is 1.16. The molecule has 0 bridgehead atoms. The average Bonchev–Trinajstić information content (AvgIpc) is 2.92. The number of rotatable bonds is 6. The van der Waals surface area contributed by atoms with E-state index in [4.69, 9.17) is 9.84 Å². The summed E-state index contributed by atoms with van der Waals surface area (Å²) >= 11 is 0. The molecule has 0 atom stereocenters. The zero-order valence-corrected chi connectivity index (χ0v) is 10.6. The predicted octanol–water partition coefficient (Wildman–Crippen LogP) is 0.275. The Morgan fingerprint density at radius 1 is 1.28 bits per heavy atom. The Kier molecular flexibility index (Phi) is 4.52. The third kappa shape index (κ3) is 3.19. The van der Waals surface area contributed by atoms with Gasteiger partial charge in [0.2, 0.25) is 11.9 Å². The maximum atomic E-state index is 8.72. The molecule has 7 heteroatoms. The Morgan fingerprint density at radius 3 is 2.72 bits per heavy atom. The number of aliphatic hydroxyl groups is 1. The largest absolute Gasteiger partial charge is 0.463 e. The number of hydrogen-bond donors (Lipinski definition) is 2. The van der Waals surface area contributed by atoms with Crippen LogP contribution >= 0.6 is 0 Å². The van der Waals surface area contributed by atoms with Crippen LogP contribution in [0.2, 0.25) is 0 Å². The third-order valence-electron chi connectivity index (χ3n) is 2.75. The first-order valence-corrected chi connectivity index (χ1v) is 6.26. The molecule has 1 saturated heterocycles. The van der Waals surface area contributed by atoms with E-state index in [1.54, 1.807) is 7.05 Å². The number of ether oxygens (including phenoxy) is 1. The van der Waals surface area contributed by atoms with E-state index in [-0.39, 0.29) is 6.61 Å². The van der Waals surface area contributed by atoms with Gasteiger partial charge in [0.25, 0.3) is 0 Å². The standard InChI is InChI=1S/C11H19N5O2/c1-12-9-13-10(16-5-2-3-6-16)15-11(14-9)18-8-4-7-17/h17H,2-8H2,1H3,(H,12,13,14,15). The summed E-state index contributed by atoms with van der Waals surface area (Å²) in [6, 6.07) is 0.310. The molecule has 2 heterocycles. The smallest absolute Gasteiger partial charge is 0.323 e. The molecule has 2 N–H and O–H groups in total. The zero-order valence-electron chi connectivity index (χ0n) is 10.6. The number of aromatic nitrogens is 3. The lowest BCUT2D eigenvalue weighted by molar-refractivity contribution is 0.224. The fraction of sp³-hybridized carbons (Fsp3) is 0.727. The van der Waals surface area contributed by atoms with Gasteiger partial charge in [-0.05, 0) is 12.8 Å². The molecule has 0 aromatic carbocycles. The van der Waals surface area contributed by atoms with Crippen molar-refractivity contribution in [2.45, 2.75) is 19.3 Å². The molecule has 1 fully saturated rings. The molecule has 0 aliphatic carbocycles. The Balaban J connectivity index is 2.10. The minimum atomic E-state index is 0.100. The highest BCUT2D eigenvalue weighted by atomic mass is 16.5. The molecule has 0 amide bonds. The highest BCUT2D eigenvalue weighted by Gasteiger charge is 2.17. The summed E-state index contributed by atoms with van der Waals surface area (Å²) in [7, 11) is 1.76. The molecule has 1 aromatic rings. The van der Waals surface area contributed by atoms with Crippen molar-refractivity contribution in [3.05, 3.63) is 0 Å². The van der Waals surface area contributed by atoms with Crippen LogP contribution < -0.4 is 15.0 Å². The first kappa shape index (κ1) is 12.8. The number of hydrogen-bond acceptors (Lipinski definition) is 7. The minimum Gasteiger partial charge on any atom is -0.463 e. The summed E-state index contributed by atoms with van der Waals surface area (Å²) in [5.41, 5.74) is 0. The van der Waals surface area contributed by atoms with Crippen molar-refractivity contribution in [1.82, 2.24) is 15.0 Å². The monoisotopic (exact) mass is 253 g/mol. The van der Waals surface area contributed by atoms with Gasteiger partial charge in [0.15, 0.2) is 0 Å². The molecule has 7 nitrogen and oxygen atoms in total. The lowest BCUT2D eigenvalue weighted by Gasteiger charge is -2.16.